The Morgan fingerprint density at radius 2 is 1.71 bits per heavy atom. The molecule has 0 aromatic heterocycles. The van der Waals surface area contributed by atoms with Gasteiger partial charge >= 0.3 is 0 Å². The molecule has 2 aromatic carbocycles. The molecule has 0 fully saturated rings. The minimum atomic E-state index is -3.66. The van der Waals surface area contributed by atoms with Crippen molar-refractivity contribution >= 4 is 21.6 Å². The zero-order valence-electron chi connectivity index (χ0n) is 19.3. The molecule has 7 heteroatoms. The average molecular weight is 447 g/mol. The summed E-state index contributed by atoms with van der Waals surface area (Å²) in [5.41, 5.74) is 3.50. The summed E-state index contributed by atoms with van der Waals surface area (Å²) in [5.74, 6) is 0.788. The molecule has 0 aliphatic heterocycles. The van der Waals surface area contributed by atoms with Crippen LogP contribution in [-0.4, -0.2) is 39.8 Å². The summed E-state index contributed by atoms with van der Waals surface area (Å²) in [6.07, 6.45) is 1.48. The Morgan fingerprint density at radius 3 is 2.26 bits per heavy atom. The molecule has 31 heavy (non-hydrogen) atoms. The van der Waals surface area contributed by atoms with Gasteiger partial charge in [-0.25, -0.2) is 8.42 Å². The van der Waals surface area contributed by atoms with E-state index in [0.717, 1.165) is 28.7 Å². The van der Waals surface area contributed by atoms with E-state index in [1.807, 2.05) is 44.2 Å². The third kappa shape index (κ3) is 6.72. The molecule has 1 amide bonds. The van der Waals surface area contributed by atoms with Gasteiger partial charge in [0.05, 0.1) is 18.5 Å². The molecule has 0 radical (unpaired) electrons. The number of nitrogens with zero attached hydrogens (tertiary/aromatic N) is 1. The fourth-order valence-corrected chi connectivity index (χ4v) is 4.88. The van der Waals surface area contributed by atoms with Crippen LogP contribution in [0.4, 0.5) is 5.69 Å². The van der Waals surface area contributed by atoms with Gasteiger partial charge in [0.2, 0.25) is 15.9 Å². The molecule has 0 aliphatic rings. The molecule has 6 nitrogen and oxygen atoms in total. The van der Waals surface area contributed by atoms with Gasteiger partial charge in [0, 0.05) is 0 Å². The van der Waals surface area contributed by atoms with Crippen molar-refractivity contribution in [1.29, 1.82) is 0 Å². The number of sulfonamides is 1. The summed E-state index contributed by atoms with van der Waals surface area (Å²) in [6.45, 7) is 10.4. The van der Waals surface area contributed by atoms with Gasteiger partial charge in [-0.05, 0) is 61.1 Å². The highest BCUT2D eigenvalue weighted by Crippen LogP contribution is 2.26. The summed E-state index contributed by atoms with van der Waals surface area (Å²) >= 11 is 0. The van der Waals surface area contributed by atoms with Crippen LogP contribution in [0.3, 0.4) is 0 Å². The summed E-state index contributed by atoms with van der Waals surface area (Å²) in [6, 6.07) is 12.5. The van der Waals surface area contributed by atoms with Gasteiger partial charge in [0.1, 0.15) is 18.4 Å². The first kappa shape index (κ1) is 24.7. The van der Waals surface area contributed by atoms with Crippen LogP contribution in [0, 0.1) is 13.8 Å². The van der Waals surface area contributed by atoms with Gasteiger partial charge in [-0.2, -0.15) is 0 Å². The Bertz CT molecular complexity index is 982. The topological polar surface area (TPSA) is 75.7 Å². The van der Waals surface area contributed by atoms with E-state index in [1.165, 1.54) is 4.31 Å². The third-order valence-corrected chi connectivity index (χ3v) is 6.17. The zero-order chi connectivity index (χ0) is 23.2. The lowest BCUT2D eigenvalue weighted by molar-refractivity contribution is -0.122. The lowest BCUT2D eigenvalue weighted by Crippen LogP contribution is -2.50. The Morgan fingerprint density at radius 1 is 1.10 bits per heavy atom. The highest BCUT2D eigenvalue weighted by Gasteiger charge is 2.31. The Labute approximate surface area is 186 Å². The molecule has 1 atom stereocenters. The van der Waals surface area contributed by atoms with Crippen LogP contribution < -0.4 is 14.4 Å². The van der Waals surface area contributed by atoms with Crippen LogP contribution in [-0.2, 0) is 14.8 Å². The fourth-order valence-electron chi connectivity index (χ4n) is 3.68. The van der Waals surface area contributed by atoms with E-state index < -0.39 is 16.1 Å². The Hall–Kier alpha value is -2.54. The van der Waals surface area contributed by atoms with Crippen molar-refractivity contribution in [2.45, 2.75) is 53.0 Å². The normalized spacial score (nSPS) is 12.5. The summed E-state index contributed by atoms with van der Waals surface area (Å²) in [7, 11) is -3.66. The second kappa shape index (κ2) is 10.7. The smallest absolute Gasteiger partial charge is 0.244 e. The first-order chi connectivity index (χ1) is 14.5. The number of nitrogens with one attached hydrogen (secondary N) is 1. The maximum atomic E-state index is 12.9. The molecule has 0 unspecified atom stereocenters. The van der Waals surface area contributed by atoms with Crippen LogP contribution in [0.25, 0.3) is 0 Å². The highest BCUT2D eigenvalue weighted by atomic mass is 32.2. The SMILES string of the molecule is CC[C@@H](C(=O)NCCOc1ccccc1C(C)C)N(c1cc(C)cc(C)c1)S(C)(=O)=O. The number of carbonyl (C=O) groups is 1. The molecule has 2 aromatic rings. The van der Waals surface area contributed by atoms with Crippen molar-refractivity contribution in [3.05, 3.63) is 59.2 Å². The summed E-state index contributed by atoms with van der Waals surface area (Å²) < 4.78 is 32.3. The van der Waals surface area contributed by atoms with Crippen molar-refractivity contribution in [2.75, 3.05) is 23.7 Å². The number of carbonyl (C=O) groups excluding carboxylic acids is 1. The number of rotatable bonds is 10. The van der Waals surface area contributed by atoms with Crippen LogP contribution in [0.1, 0.15) is 49.8 Å². The number of ether oxygens (including phenoxy) is 1. The van der Waals surface area contributed by atoms with Crippen molar-refractivity contribution < 1.29 is 17.9 Å². The number of para-hydroxylation sites is 1. The minimum Gasteiger partial charge on any atom is -0.491 e. The number of anilines is 1. The van der Waals surface area contributed by atoms with Gasteiger partial charge in [0.15, 0.2) is 0 Å². The molecular formula is C24H34N2O4S. The monoisotopic (exact) mass is 446 g/mol. The highest BCUT2D eigenvalue weighted by molar-refractivity contribution is 7.92. The number of amides is 1. The molecule has 0 saturated carbocycles. The van der Waals surface area contributed by atoms with Crippen LogP contribution in [0.5, 0.6) is 5.75 Å². The van der Waals surface area contributed by atoms with E-state index in [9.17, 15) is 13.2 Å². The third-order valence-electron chi connectivity index (χ3n) is 4.99. The number of benzene rings is 2. The Kier molecular flexibility index (Phi) is 8.51. The summed E-state index contributed by atoms with van der Waals surface area (Å²) in [5, 5.41) is 2.83. The number of hydrogen-bond donors (Lipinski definition) is 1. The molecule has 0 aliphatic carbocycles. The molecule has 0 saturated heterocycles. The van der Waals surface area contributed by atoms with Crippen molar-refractivity contribution in [3.63, 3.8) is 0 Å². The maximum absolute atomic E-state index is 12.9. The largest absolute Gasteiger partial charge is 0.491 e. The number of hydrogen-bond acceptors (Lipinski definition) is 4. The predicted molar refractivity (Wildman–Crippen MR) is 126 cm³/mol. The van der Waals surface area contributed by atoms with E-state index in [4.69, 9.17) is 4.74 Å². The molecule has 2 rings (SSSR count). The van der Waals surface area contributed by atoms with Gasteiger partial charge in [-0.3, -0.25) is 9.10 Å². The molecular weight excluding hydrogens is 412 g/mol. The lowest BCUT2D eigenvalue weighted by atomic mass is 10.0. The molecule has 0 heterocycles. The van der Waals surface area contributed by atoms with E-state index in [-0.39, 0.29) is 12.5 Å². The summed E-state index contributed by atoms with van der Waals surface area (Å²) in [4.78, 5) is 12.9. The van der Waals surface area contributed by atoms with E-state index >= 15 is 0 Å². The van der Waals surface area contributed by atoms with E-state index in [0.29, 0.717) is 24.6 Å². The molecule has 1 N–H and O–H groups in total. The predicted octanol–water partition coefficient (Wildman–Crippen LogP) is 4.17. The van der Waals surface area contributed by atoms with Gasteiger partial charge in [-0.1, -0.05) is 45.0 Å². The molecule has 0 bridgehead atoms. The fraction of sp³-hybridized carbons (Fsp3) is 0.458. The van der Waals surface area contributed by atoms with Crippen LogP contribution in [0.2, 0.25) is 0 Å². The van der Waals surface area contributed by atoms with Crippen LogP contribution >= 0.6 is 0 Å². The Balaban J connectivity index is 2.10. The first-order valence-corrected chi connectivity index (χ1v) is 12.5. The zero-order valence-corrected chi connectivity index (χ0v) is 20.1. The second-order valence-electron chi connectivity index (χ2n) is 8.16. The van der Waals surface area contributed by atoms with Crippen molar-refractivity contribution in [1.82, 2.24) is 5.32 Å². The maximum Gasteiger partial charge on any atom is 0.244 e. The van der Waals surface area contributed by atoms with Gasteiger partial charge in [-0.15, -0.1) is 0 Å². The number of aryl methyl sites for hydroxylation is 2. The quantitative estimate of drug-likeness (QED) is 0.556. The molecule has 0 spiro atoms. The van der Waals surface area contributed by atoms with Crippen molar-refractivity contribution in [2.24, 2.45) is 0 Å². The lowest BCUT2D eigenvalue weighted by Gasteiger charge is -2.30. The average Bonchev–Trinajstić information content (AvgIpc) is 2.67. The van der Waals surface area contributed by atoms with E-state index in [2.05, 4.69) is 19.2 Å². The van der Waals surface area contributed by atoms with Gasteiger partial charge in [0.25, 0.3) is 0 Å². The standard InChI is InChI=1S/C24H34N2O4S/c1-7-22(26(31(6,28)29)20-15-18(4)14-19(5)16-20)24(27)25-12-13-30-23-11-9-8-10-21(23)17(2)3/h8-11,14-17,22H,7,12-13H2,1-6H3,(H,25,27)/t22-/m0/s1. The van der Waals surface area contributed by atoms with Gasteiger partial charge < -0.3 is 10.1 Å². The van der Waals surface area contributed by atoms with E-state index in [1.54, 1.807) is 19.1 Å². The van der Waals surface area contributed by atoms with Crippen molar-refractivity contribution in [3.8, 4) is 5.75 Å². The second-order valence-corrected chi connectivity index (χ2v) is 10.0. The molecule has 170 valence electrons. The minimum absolute atomic E-state index is 0.284. The van der Waals surface area contributed by atoms with Crippen LogP contribution in [0.15, 0.2) is 42.5 Å². The first-order valence-electron chi connectivity index (χ1n) is 10.6.